The minimum atomic E-state index is -2.22. The minimum Gasteiger partial charge on any atom is -0.479 e. The maximum atomic E-state index is 13.3. The molecule has 1 aromatic carbocycles. The van der Waals surface area contributed by atoms with Crippen molar-refractivity contribution in [3.63, 3.8) is 0 Å². The van der Waals surface area contributed by atoms with Crippen LogP contribution in [0.4, 0.5) is 10.1 Å². The third kappa shape index (κ3) is 3.95. The van der Waals surface area contributed by atoms with Gasteiger partial charge in [0, 0.05) is 0 Å². The molecule has 0 bridgehead atoms. The van der Waals surface area contributed by atoms with Gasteiger partial charge in [-0.15, -0.1) is 0 Å². The summed E-state index contributed by atoms with van der Waals surface area (Å²) in [7, 11) is 0. The Morgan fingerprint density at radius 1 is 1.52 bits per heavy atom. The fourth-order valence-electron chi connectivity index (χ4n) is 1.30. The third-order valence-electron chi connectivity index (χ3n) is 2.51. The molecule has 0 fully saturated rings. The van der Waals surface area contributed by atoms with E-state index in [4.69, 9.17) is 5.11 Å². The summed E-state index contributed by atoms with van der Waals surface area (Å²) in [5.41, 5.74) is -3.26. The van der Waals surface area contributed by atoms with E-state index < -0.39 is 40.5 Å². The van der Waals surface area contributed by atoms with Crippen molar-refractivity contribution in [2.75, 3.05) is 6.54 Å². The molecule has 3 N–H and O–H groups in total. The smallest absolute Gasteiger partial charge is 0.337 e. The number of carbonyl (C=O) groups excluding carboxylic acids is 1. The molecule has 0 aliphatic heterocycles. The monoisotopic (exact) mass is 364 g/mol. The van der Waals surface area contributed by atoms with E-state index in [9.17, 15) is 29.2 Å². The molecular weight excluding hydrogens is 355 g/mol. The lowest BCUT2D eigenvalue weighted by atomic mass is 10.1. The highest BCUT2D eigenvalue weighted by atomic mass is 79.9. The molecule has 0 saturated heterocycles. The number of carboxylic acid groups (broad SMARTS) is 1. The van der Waals surface area contributed by atoms with E-state index in [1.54, 1.807) is 0 Å². The average molecular weight is 365 g/mol. The number of carbonyl (C=O) groups is 2. The summed E-state index contributed by atoms with van der Waals surface area (Å²) in [5.74, 6) is -3.53. The number of amides is 1. The first kappa shape index (κ1) is 17.0. The van der Waals surface area contributed by atoms with Gasteiger partial charge >= 0.3 is 5.97 Å². The quantitative estimate of drug-likeness (QED) is 0.529. The van der Waals surface area contributed by atoms with Crippen molar-refractivity contribution in [3.05, 3.63) is 38.1 Å². The van der Waals surface area contributed by atoms with Crippen LogP contribution in [0.2, 0.25) is 0 Å². The summed E-state index contributed by atoms with van der Waals surface area (Å²) < 4.78 is 13.0. The molecule has 1 rings (SSSR count). The van der Waals surface area contributed by atoms with Crippen LogP contribution in [0.5, 0.6) is 0 Å². The molecule has 0 aliphatic rings. The van der Waals surface area contributed by atoms with Gasteiger partial charge in [-0.25, -0.2) is 9.18 Å². The van der Waals surface area contributed by atoms with E-state index in [0.717, 1.165) is 13.0 Å². The molecule has 8 nitrogen and oxygen atoms in total. The van der Waals surface area contributed by atoms with Gasteiger partial charge in [-0.1, -0.05) is 0 Å². The molecule has 0 spiro atoms. The zero-order valence-electron chi connectivity index (χ0n) is 10.6. The average Bonchev–Trinajstić information content (AvgIpc) is 2.37. The summed E-state index contributed by atoms with van der Waals surface area (Å²) >= 11 is 2.82. The van der Waals surface area contributed by atoms with E-state index in [1.807, 2.05) is 0 Å². The Morgan fingerprint density at radius 2 is 2.10 bits per heavy atom. The molecule has 0 heterocycles. The maximum absolute atomic E-state index is 13.3. The van der Waals surface area contributed by atoms with E-state index in [0.29, 0.717) is 6.07 Å². The molecule has 10 heteroatoms. The summed E-state index contributed by atoms with van der Waals surface area (Å²) in [4.78, 5) is 32.3. The Morgan fingerprint density at radius 3 is 2.57 bits per heavy atom. The van der Waals surface area contributed by atoms with Crippen molar-refractivity contribution in [3.8, 4) is 0 Å². The molecular formula is C11H10BrFN2O6. The van der Waals surface area contributed by atoms with Gasteiger partial charge in [-0.05, 0) is 28.9 Å². The van der Waals surface area contributed by atoms with E-state index >= 15 is 0 Å². The molecule has 1 atom stereocenters. The van der Waals surface area contributed by atoms with Crippen molar-refractivity contribution in [1.82, 2.24) is 5.32 Å². The third-order valence-corrected chi connectivity index (χ3v) is 3.35. The Kier molecular flexibility index (Phi) is 4.97. The lowest BCUT2D eigenvalue weighted by Crippen LogP contribution is -2.46. The number of nitrogens with zero attached hydrogens (tertiary/aromatic N) is 1. The van der Waals surface area contributed by atoms with Gasteiger partial charge in [0.05, 0.1) is 23.1 Å². The number of benzene rings is 1. The molecule has 0 radical (unpaired) electrons. The van der Waals surface area contributed by atoms with Crippen LogP contribution < -0.4 is 5.32 Å². The van der Waals surface area contributed by atoms with Crippen molar-refractivity contribution in [2.24, 2.45) is 0 Å². The van der Waals surface area contributed by atoms with Crippen molar-refractivity contribution in [1.29, 1.82) is 0 Å². The Labute approximate surface area is 125 Å². The first-order valence-corrected chi connectivity index (χ1v) is 6.23. The second-order valence-corrected chi connectivity index (χ2v) is 5.10. The molecule has 21 heavy (non-hydrogen) atoms. The van der Waals surface area contributed by atoms with Crippen molar-refractivity contribution >= 4 is 33.5 Å². The van der Waals surface area contributed by atoms with E-state index in [-0.39, 0.29) is 10.0 Å². The first-order chi connectivity index (χ1) is 9.56. The topological polar surface area (TPSA) is 130 Å². The number of nitrogens with one attached hydrogen (secondary N) is 1. The SMILES string of the molecule is CC(O)(CNC(=O)c1cc(F)cc([N+](=O)[O-])c1Br)C(=O)O. The molecule has 0 saturated carbocycles. The number of nitro groups is 1. The highest BCUT2D eigenvalue weighted by Crippen LogP contribution is 2.29. The highest BCUT2D eigenvalue weighted by molar-refractivity contribution is 9.10. The Bertz CT molecular complexity index is 619. The summed E-state index contributed by atoms with van der Waals surface area (Å²) in [5, 5.41) is 30.9. The van der Waals surface area contributed by atoms with Crippen LogP contribution in [0.15, 0.2) is 16.6 Å². The van der Waals surface area contributed by atoms with Crippen LogP contribution in [-0.2, 0) is 4.79 Å². The molecule has 0 aromatic heterocycles. The number of hydrogen-bond donors (Lipinski definition) is 3. The minimum absolute atomic E-state index is 0.249. The normalized spacial score (nSPS) is 13.3. The summed E-state index contributed by atoms with van der Waals surface area (Å²) in [6.45, 7) is 0.302. The Balaban J connectivity index is 3.04. The summed E-state index contributed by atoms with van der Waals surface area (Å²) in [6.07, 6.45) is 0. The number of aliphatic hydroxyl groups is 1. The predicted molar refractivity (Wildman–Crippen MR) is 71.3 cm³/mol. The fourth-order valence-corrected chi connectivity index (χ4v) is 1.85. The number of rotatable bonds is 5. The van der Waals surface area contributed by atoms with Gasteiger partial charge in [0.15, 0.2) is 5.60 Å². The van der Waals surface area contributed by atoms with E-state index in [1.165, 1.54) is 0 Å². The fraction of sp³-hybridized carbons (Fsp3) is 0.273. The molecule has 1 aromatic rings. The van der Waals surface area contributed by atoms with Crippen LogP contribution in [0.3, 0.4) is 0 Å². The van der Waals surface area contributed by atoms with Gasteiger partial charge in [0.1, 0.15) is 10.3 Å². The number of aliphatic carboxylic acids is 1. The second-order valence-electron chi connectivity index (χ2n) is 4.31. The largest absolute Gasteiger partial charge is 0.479 e. The van der Waals surface area contributed by atoms with Crippen LogP contribution in [0.1, 0.15) is 17.3 Å². The molecule has 0 aliphatic carbocycles. The predicted octanol–water partition coefficient (Wildman–Crippen LogP) is 1.06. The number of carboxylic acids is 1. The number of nitro benzene ring substituents is 1. The van der Waals surface area contributed by atoms with Gasteiger partial charge < -0.3 is 15.5 Å². The van der Waals surface area contributed by atoms with Gasteiger partial charge in [0.2, 0.25) is 0 Å². The van der Waals surface area contributed by atoms with Crippen LogP contribution >= 0.6 is 15.9 Å². The van der Waals surface area contributed by atoms with Crippen LogP contribution in [0, 0.1) is 15.9 Å². The lowest BCUT2D eigenvalue weighted by molar-refractivity contribution is -0.385. The highest BCUT2D eigenvalue weighted by Gasteiger charge is 2.31. The number of halogens is 2. The Hall–Kier alpha value is -2.07. The van der Waals surface area contributed by atoms with Crippen LogP contribution in [0.25, 0.3) is 0 Å². The van der Waals surface area contributed by atoms with Gasteiger partial charge in [-0.2, -0.15) is 0 Å². The van der Waals surface area contributed by atoms with Gasteiger partial charge in [-0.3, -0.25) is 14.9 Å². The molecule has 1 amide bonds. The maximum Gasteiger partial charge on any atom is 0.337 e. The molecule has 1 unspecified atom stereocenters. The standard InChI is InChI=1S/C11H10BrFN2O6/c1-11(19,10(17)18)4-14-9(16)6-2-5(13)3-7(8(6)12)15(20)21/h2-3,19H,4H2,1H3,(H,14,16)(H,17,18). The van der Waals surface area contributed by atoms with Crippen molar-refractivity contribution < 1.29 is 29.1 Å². The summed E-state index contributed by atoms with van der Waals surface area (Å²) in [6, 6.07) is 1.39. The van der Waals surface area contributed by atoms with Gasteiger partial charge in [0.25, 0.3) is 11.6 Å². The van der Waals surface area contributed by atoms with Crippen LogP contribution in [-0.4, -0.2) is 39.2 Å². The number of hydrogen-bond acceptors (Lipinski definition) is 5. The van der Waals surface area contributed by atoms with E-state index in [2.05, 4.69) is 21.2 Å². The zero-order valence-corrected chi connectivity index (χ0v) is 12.2. The first-order valence-electron chi connectivity index (χ1n) is 5.43. The molecule has 114 valence electrons. The van der Waals surface area contributed by atoms with Crippen molar-refractivity contribution in [2.45, 2.75) is 12.5 Å². The lowest BCUT2D eigenvalue weighted by Gasteiger charge is -2.18. The second kappa shape index (κ2) is 6.14. The zero-order chi connectivity index (χ0) is 16.4.